The molecule has 188 valence electrons. The summed E-state index contributed by atoms with van der Waals surface area (Å²) in [7, 11) is 1.52. The number of carbonyl (C=O) groups excluding carboxylic acids is 2. The number of thiophene rings is 1. The van der Waals surface area contributed by atoms with Gasteiger partial charge in [-0.05, 0) is 71.2 Å². The Balaban J connectivity index is 1.84. The van der Waals surface area contributed by atoms with Gasteiger partial charge in [0.1, 0.15) is 11.5 Å². The lowest BCUT2D eigenvalue weighted by molar-refractivity contribution is -0.139. The quantitative estimate of drug-likeness (QED) is 0.222. The molecule has 1 fully saturated rings. The number of likely N-dealkylation sites (tertiary alicyclic amines) is 1. The van der Waals surface area contributed by atoms with Crippen LogP contribution in [0.15, 0.2) is 59.5 Å². The second kappa shape index (κ2) is 10.1. The molecule has 1 N–H and O–H groups in total. The molecule has 3 aromatic rings. The summed E-state index contributed by atoms with van der Waals surface area (Å²) < 4.78 is 5.54. The third-order valence-corrected chi connectivity index (χ3v) is 7.89. The molecule has 0 saturated carbocycles. The Hall–Kier alpha value is -3.09. The monoisotopic (exact) mass is 523 g/mol. The van der Waals surface area contributed by atoms with Gasteiger partial charge in [-0.25, -0.2) is 0 Å². The van der Waals surface area contributed by atoms with Gasteiger partial charge in [0.15, 0.2) is 0 Å². The Morgan fingerprint density at radius 1 is 1.11 bits per heavy atom. The number of Topliss-reactive ketones (excluding diaryl/α,β-unsaturated/α-hetero) is 1. The number of rotatable bonds is 6. The van der Waals surface area contributed by atoms with Gasteiger partial charge in [-0.3, -0.25) is 9.59 Å². The molecule has 0 aliphatic carbocycles. The van der Waals surface area contributed by atoms with E-state index in [1.165, 1.54) is 18.4 Å². The molecule has 1 atom stereocenters. The van der Waals surface area contributed by atoms with Crippen LogP contribution in [0.4, 0.5) is 0 Å². The van der Waals surface area contributed by atoms with Crippen molar-refractivity contribution in [1.82, 2.24) is 4.90 Å². The highest BCUT2D eigenvalue weighted by Crippen LogP contribution is 2.44. The lowest BCUT2D eigenvalue weighted by Crippen LogP contribution is -2.31. The van der Waals surface area contributed by atoms with Crippen LogP contribution in [0.5, 0.6) is 5.75 Å². The molecule has 1 saturated heterocycles. The lowest BCUT2D eigenvalue weighted by atomic mass is 9.85. The number of benzene rings is 2. The van der Waals surface area contributed by atoms with E-state index in [2.05, 4.69) is 20.8 Å². The zero-order chi connectivity index (χ0) is 26.2. The van der Waals surface area contributed by atoms with E-state index < -0.39 is 17.7 Å². The molecule has 1 aliphatic heterocycles. The second-order valence-electron chi connectivity index (χ2n) is 10.0. The Labute approximate surface area is 221 Å². The standard InChI is InChI=1S/C29H30ClNO4S/c1-17-13-15-36-27(17)24-23(25(32)21-16-19(29(2,3)4)8-11-22(21)35-5)26(33)28(34)31(24)14-12-18-6-9-20(30)10-7-18/h6-11,13,15-16,24,32H,12,14H2,1-5H3/b25-23+. The van der Waals surface area contributed by atoms with Crippen LogP contribution in [0.1, 0.15) is 53.9 Å². The van der Waals surface area contributed by atoms with E-state index in [1.54, 1.807) is 23.1 Å². The topological polar surface area (TPSA) is 66.8 Å². The lowest BCUT2D eigenvalue weighted by Gasteiger charge is -2.25. The van der Waals surface area contributed by atoms with Crippen LogP contribution in [-0.2, 0) is 21.4 Å². The highest BCUT2D eigenvalue weighted by molar-refractivity contribution is 7.10. The summed E-state index contributed by atoms with van der Waals surface area (Å²) in [5, 5.41) is 14.2. The molecule has 0 bridgehead atoms. The number of aliphatic hydroxyl groups is 1. The first-order valence-electron chi connectivity index (χ1n) is 11.8. The fourth-order valence-corrected chi connectivity index (χ4v) is 5.63. The molecule has 0 spiro atoms. The Kier molecular flexibility index (Phi) is 7.30. The van der Waals surface area contributed by atoms with Gasteiger partial charge in [0.05, 0.1) is 24.3 Å². The SMILES string of the molecule is COc1ccc(C(C)(C)C)cc1/C(O)=C1\C(=O)C(=O)N(CCc2ccc(Cl)cc2)C1c1sccc1C. The van der Waals surface area contributed by atoms with Gasteiger partial charge in [0, 0.05) is 16.4 Å². The second-order valence-corrected chi connectivity index (χ2v) is 11.4. The minimum absolute atomic E-state index is 0.0889. The Bertz CT molecular complexity index is 1330. The van der Waals surface area contributed by atoms with E-state index >= 15 is 0 Å². The van der Waals surface area contributed by atoms with E-state index in [0.29, 0.717) is 29.3 Å². The summed E-state index contributed by atoms with van der Waals surface area (Å²) >= 11 is 7.49. The number of ketones is 1. The summed E-state index contributed by atoms with van der Waals surface area (Å²) in [5.41, 5.74) is 3.25. The van der Waals surface area contributed by atoms with Crippen molar-refractivity contribution in [3.63, 3.8) is 0 Å². The first-order chi connectivity index (χ1) is 17.0. The normalized spacial score (nSPS) is 17.6. The number of hydrogen-bond donors (Lipinski definition) is 1. The highest BCUT2D eigenvalue weighted by atomic mass is 35.5. The molecule has 1 aliphatic rings. The first-order valence-corrected chi connectivity index (χ1v) is 13.0. The number of nitrogens with zero attached hydrogens (tertiary/aromatic N) is 1. The van der Waals surface area contributed by atoms with E-state index in [9.17, 15) is 14.7 Å². The average molecular weight is 524 g/mol. The maximum absolute atomic E-state index is 13.4. The van der Waals surface area contributed by atoms with Crippen LogP contribution in [0.2, 0.25) is 5.02 Å². The van der Waals surface area contributed by atoms with Crippen LogP contribution in [0, 0.1) is 6.92 Å². The van der Waals surface area contributed by atoms with Gasteiger partial charge in [0.2, 0.25) is 0 Å². The maximum Gasteiger partial charge on any atom is 0.295 e. The summed E-state index contributed by atoms with van der Waals surface area (Å²) in [6, 6.07) is 14.3. The number of aryl methyl sites for hydroxylation is 1. The van der Waals surface area contributed by atoms with Crippen LogP contribution in [0.25, 0.3) is 5.76 Å². The largest absolute Gasteiger partial charge is 0.507 e. The third-order valence-electron chi connectivity index (χ3n) is 6.57. The van der Waals surface area contributed by atoms with Gasteiger partial charge < -0.3 is 14.7 Å². The molecule has 7 heteroatoms. The van der Waals surface area contributed by atoms with Crippen molar-refractivity contribution in [1.29, 1.82) is 0 Å². The van der Waals surface area contributed by atoms with E-state index in [0.717, 1.165) is 21.6 Å². The number of aliphatic hydroxyl groups excluding tert-OH is 1. The molecule has 1 unspecified atom stereocenters. The van der Waals surface area contributed by atoms with Crippen molar-refractivity contribution in [3.8, 4) is 5.75 Å². The zero-order valence-electron chi connectivity index (χ0n) is 21.1. The van der Waals surface area contributed by atoms with E-state index in [1.807, 2.05) is 42.6 Å². The highest BCUT2D eigenvalue weighted by Gasteiger charge is 2.47. The number of ether oxygens (including phenoxy) is 1. The average Bonchev–Trinajstić information content (AvgIpc) is 3.37. The van der Waals surface area contributed by atoms with Gasteiger partial charge in [-0.2, -0.15) is 0 Å². The Morgan fingerprint density at radius 2 is 1.81 bits per heavy atom. The molecular formula is C29H30ClNO4S. The predicted molar refractivity (Wildman–Crippen MR) is 145 cm³/mol. The Morgan fingerprint density at radius 3 is 2.39 bits per heavy atom. The number of methoxy groups -OCH3 is 1. The molecule has 36 heavy (non-hydrogen) atoms. The molecular weight excluding hydrogens is 494 g/mol. The number of halogens is 1. The number of hydrogen-bond acceptors (Lipinski definition) is 5. The van der Waals surface area contributed by atoms with Crippen LogP contribution in [0.3, 0.4) is 0 Å². The van der Waals surface area contributed by atoms with Crippen LogP contribution in [-0.4, -0.2) is 35.4 Å². The summed E-state index contributed by atoms with van der Waals surface area (Å²) in [5.74, 6) is -1.09. The summed E-state index contributed by atoms with van der Waals surface area (Å²) in [6.45, 7) is 8.49. The molecule has 2 heterocycles. The number of amides is 1. The van der Waals surface area contributed by atoms with Crippen molar-refractivity contribution in [2.45, 2.75) is 45.6 Å². The fraction of sp³-hybridized carbons (Fsp3) is 0.310. The fourth-order valence-electron chi connectivity index (χ4n) is 4.45. The minimum Gasteiger partial charge on any atom is -0.507 e. The van der Waals surface area contributed by atoms with Crippen LogP contribution >= 0.6 is 22.9 Å². The van der Waals surface area contributed by atoms with Gasteiger partial charge in [0.25, 0.3) is 11.7 Å². The predicted octanol–water partition coefficient (Wildman–Crippen LogP) is 6.68. The van der Waals surface area contributed by atoms with Crippen molar-refractivity contribution in [2.24, 2.45) is 0 Å². The summed E-state index contributed by atoms with van der Waals surface area (Å²) in [6.07, 6.45) is 0.550. The third kappa shape index (κ3) is 4.93. The van der Waals surface area contributed by atoms with Crippen molar-refractivity contribution in [3.05, 3.63) is 91.6 Å². The smallest absolute Gasteiger partial charge is 0.295 e. The maximum atomic E-state index is 13.4. The van der Waals surface area contributed by atoms with Crippen molar-refractivity contribution in [2.75, 3.05) is 13.7 Å². The minimum atomic E-state index is -0.690. The van der Waals surface area contributed by atoms with E-state index in [4.69, 9.17) is 16.3 Å². The molecule has 1 amide bonds. The van der Waals surface area contributed by atoms with Gasteiger partial charge >= 0.3 is 0 Å². The molecule has 4 rings (SSSR count). The molecule has 5 nitrogen and oxygen atoms in total. The first kappa shape index (κ1) is 26.0. The van der Waals surface area contributed by atoms with Crippen LogP contribution < -0.4 is 4.74 Å². The molecule has 1 aromatic heterocycles. The number of carbonyl (C=O) groups is 2. The molecule has 0 radical (unpaired) electrons. The molecule has 2 aromatic carbocycles. The summed E-state index contributed by atoms with van der Waals surface area (Å²) in [4.78, 5) is 29.2. The van der Waals surface area contributed by atoms with E-state index in [-0.39, 0.29) is 16.7 Å². The van der Waals surface area contributed by atoms with Crippen molar-refractivity contribution < 1.29 is 19.4 Å². The van der Waals surface area contributed by atoms with Gasteiger partial charge in [-0.1, -0.05) is 50.6 Å². The van der Waals surface area contributed by atoms with Crippen molar-refractivity contribution >= 4 is 40.4 Å². The zero-order valence-corrected chi connectivity index (χ0v) is 22.7. The van der Waals surface area contributed by atoms with Gasteiger partial charge in [-0.15, -0.1) is 11.3 Å².